The summed E-state index contributed by atoms with van der Waals surface area (Å²) in [5, 5.41) is 20.7. The highest BCUT2D eigenvalue weighted by molar-refractivity contribution is 5.98. The van der Waals surface area contributed by atoms with E-state index in [4.69, 9.17) is 0 Å². The van der Waals surface area contributed by atoms with Crippen molar-refractivity contribution in [2.75, 3.05) is 7.05 Å². The summed E-state index contributed by atoms with van der Waals surface area (Å²) in [4.78, 5) is 25.9. The summed E-state index contributed by atoms with van der Waals surface area (Å²) >= 11 is 0. The Bertz CT molecular complexity index is 1300. The third kappa shape index (κ3) is 3.12. The van der Waals surface area contributed by atoms with Gasteiger partial charge in [0, 0.05) is 35.0 Å². The van der Waals surface area contributed by atoms with E-state index in [9.17, 15) is 19.8 Å². The van der Waals surface area contributed by atoms with Crippen LogP contribution in [-0.4, -0.2) is 50.8 Å². The quantitative estimate of drug-likeness (QED) is 0.556. The number of aromatic nitrogens is 1. The van der Waals surface area contributed by atoms with Crippen LogP contribution in [-0.2, 0) is 11.3 Å². The van der Waals surface area contributed by atoms with Crippen LogP contribution in [0.3, 0.4) is 0 Å². The molecular formula is C28H30N2O4. The lowest BCUT2D eigenvalue weighted by Crippen LogP contribution is -2.39. The van der Waals surface area contributed by atoms with E-state index in [-0.39, 0.29) is 12.0 Å². The van der Waals surface area contributed by atoms with Gasteiger partial charge in [-0.2, -0.15) is 0 Å². The van der Waals surface area contributed by atoms with Crippen molar-refractivity contribution in [3.05, 3.63) is 59.2 Å². The van der Waals surface area contributed by atoms with Gasteiger partial charge in [-0.3, -0.25) is 9.69 Å². The number of likely N-dealkylation sites (N-methyl/N-ethyl adjacent to an activating group) is 1. The predicted molar refractivity (Wildman–Crippen MR) is 130 cm³/mol. The van der Waals surface area contributed by atoms with Gasteiger partial charge < -0.3 is 14.8 Å². The van der Waals surface area contributed by atoms with Crippen LogP contribution in [0.5, 0.6) is 0 Å². The number of carbonyl (C=O) groups is 2. The lowest BCUT2D eigenvalue weighted by Gasteiger charge is -2.26. The first kappa shape index (κ1) is 21.4. The molecule has 2 fully saturated rings. The Hall–Kier alpha value is -3.12. The first-order valence-corrected chi connectivity index (χ1v) is 12.4. The highest BCUT2D eigenvalue weighted by atomic mass is 16.4. The molecular weight excluding hydrogens is 428 g/mol. The van der Waals surface area contributed by atoms with Crippen molar-refractivity contribution < 1.29 is 19.8 Å². The number of likely N-dealkylation sites (tertiary alicyclic amines) is 1. The van der Waals surface area contributed by atoms with Gasteiger partial charge in [-0.25, -0.2) is 4.79 Å². The standard InChI is InChI=1S/C28H30N2O4/c1-29-23(28(33)34)14-21-18-9-5-6-10-19(18)26-25(16-7-3-2-4-8-16)20-12-11-17(27(31)32)13-22(20)30(26)15-24(21)29/h5-6,9-13,16,21,23-24H,2-4,7-8,14-15H2,1H3,(H,31,32)(H,33,34)/t21-,23-,24+/m1/s1. The number of hydrogen-bond acceptors (Lipinski definition) is 3. The number of carboxylic acid groups (broad SMARTS) is 2. The van der Waals surface area contributed by atoms with Crippen molar-refractivity contribution >= 4 is 22.8 Å². The number of nitrogens with zero attached hydrogens (tertiary/aromatic N) is 2. The Kier molecular flexibility index (Phi) is 5.03. The van der Waals surface area contributed by atoms with Crippen LogP contribution in [0, 0.1) is 0 Å². The van der Waals surface area contributed by atoms with Crippen LogP contribution >= 0.6 is 0 Å². The first-order chi connectivity index (χ1) is 16.5. The minimum Gasteiger partial charge on any atom is -0.480 e. The van der Waals surface area contributed by atoms with E-state index in [2.05, 4.69) is 28.8 Å². The van der Waals surface area contributed by atoms with E-state index in [1.54, 1.807) is 6.07 Å². The molecule has 34 heavy (non-hydrogen) atoms. The van der Waals surface area contributed by atoms with Crippen molar-refractivity contribution in [3.63, 3.8) is 0 Å². The summed E-state index contributed by atoms with van der Waals surface area (Å²) < 4.78 is 2.32. The molecule has 3 aliphatic rings. The van der Waals surface area contributed by atoms with Gasteiger partial charge in [-0.15, -0.1) is 0 Å². The highest BCUT2D eigenvalue weighted by Gasteiger charge is 2.46. The van der Waals surface area contributed by atoms with Gasteiger partial charge in [0.2, 0.25) is 0 Å². The van der Waals surface area contributed by atoms with Gasteiger partial charge in [0.05, 0.1) is 11.3 Å². The fourth-order valence-electron chi connectivity index (χ4n) is 6.96. The average Bonchev–Trinajstić information content (AvgIpc) is 3.29. The summed E-state index contributed by atoms with van der Waals surface area (Å²) in [7, 11) is 1.92. The molecule has 0 bridgehead atoms. The fraction of sp³-hybridized carbons (Fsp3) is 0.429. The number of aromatic carboxylic acids is 1. The van der Waals surface area contributed by atoms with Gasteiger partial charge in [-0.05, 0) is 55.5 Å². The van der Waals surface area contributed by atoms with Gasteiger partial charge in [0.1, 0.15) is 6.04 Å². The van der Waals surface area contributed by atoms with Gasteiger partial charge >= 0.3 is 11.9 Å². The van der Waals surface area contributed by atoms with Crippen molar-refractivity contribution in [2.45, 2.75) is 69.0 Å². The smallest absolute Gasteiger partial charge is 0.335 e. The van der Waals surface area contributed by atoms with Crippen LogP contribution < -0.4 is 0 Å². The molecule has 0 radical (unpaired) electrons. The Balaban J connectivity index is 1.65. The van der Waals surface area contributed by atoms with E-state index in [0.29, 0.717) is 24.4 Å². The van der Waals surface area contributed by atoms with E-state index >= 15 is 0 Å². The Morgan fingerprint density at radius 2 is 1.76 bits per heavy atom. The van der Waals surface area contributed by atoms with E-state index in [0.717, 1.165) is 23.7 Å². The summed E-state index contributed by atoms with van der Waals surface area (Å²) in [6.45, 7) is 0.654. The molecule has 6 heteroatoms. The van der Waals surface area contributed by atoms with Gasteiger partial charge in [-0.1, -0.05) is 49.6 Å². The summed E-state index contributed by atoms with van der Waals surface area (Å²) in [5.74, 6) is -1.12. The van der Waals surface area contributed by atoms with Gasteiger partial charge in [0.25, 0.3) is 0 Å². The number of rotatable bonds is 3. The third-order valence-electron chi connectivity index (χ3n) is 8.59. The number of hydrogen-bond donors (Lipinski definition) is 2. The second-order valence-electron chi connectivity index (χ2n) is 10.3. The topological polar surface area (TPSA) is 82.8 Å². The number of carboxylic acids is 2. The van der Waals surface area contributed by atoms with Crippen molar-refractivity contribution in [3.8, 4) is 11.3 Å². The maximum Gasteiger partial charge on any atom is 0.335 e. The average molecular weight is 459 g/mol. The van der Waals surface area contributed by atoms with Crippen LogP contribution in [0.15, 0.2) is 42.5 Å². The molecule has 6 rings (SSSR count). The molecule has 6 nitrogen and oxygen atoms in total. The zero-order valence-corrected chi connectivity index (χ0v) is 19.4. The second-order valence-corrected chi connectivity index (χ2v) is 10.3. The van der Waals surface area contributed by atoms with Gasteiger partial charge in [0.15, 0.2) is 0 Å². The molecule has 0 spiro atoms. The minimum absolute atomic E-state index is 0.0341. The fourth-order valence-corrected chi connectivity index (χ4v) is 6.96. The molecule has 0 amide bonds. The lowest BCUT2D eigenvalue weighted by molar-refractivity contribution is -0.142. The minimum atomic E-state index is -0.924. The van der Waals surface area contributed by atoms with Crippen LogP contribution in [0.4, 0.5) is 0 Å². The molecule has 1 saturated carbocycles. The van der Waals surface area contributed by atoms with E-state index < -0.39 is 18.0 Å². The number of fused-ring (bicyclic) bond motifs is 7. The molecule has 1 aliphatic carbocycles. The molecule has 2 aliphatic heterocycles. The zero-order chi connectivity index (χ0) is 23.6. The summed E-state index contributed by atoms with van der Waals surface area (Å²) in [5.41, 5.74) is 6.23. The molecule has 3 aromatic rings. The third-order valence-corrected chi connectivity index (χ3v) is 8.59. The molecule has 3 heterocycles. The van der Waals surface area contributed by atoms with Crippen LogP contribution in [0.1, 0.15) is 71.8 Å². The largest absolute Gasteiger partial charge is 0.480 e. The summed E-state index contributed by atoms with van der Waals surface area (Å²) in [6.07, 6.45) is 6.62. The summed E-state index contributed by atoms with van der Waals surface area (Å²) in [6, 6.07) is 13.6. The Labute approximate surface area is 198 Å². The molecule has 0 unspecified atom stereocenters. The van der Waals surface area contributed by atoms with Crippen LogP contribution in [0.25, 0.3) is 22.2 Å². The molecule has 176 valence electrons. The zero-order valence-electron chi connectivity index (χ0n) is 19.4. The predicted octanol–water partition coefficient (Wildman–Crippen LogP) is 5.31. The maximum absolute atomic E-state index is 12.0. The SMILES string of the molecule is CN1[C@@H](C(=O)O)C[C@@H]2c3ccccc3-c3c(C4CCCCC4)c4ccc(C(=O)O)cc4n3C[C@@H]21. The molecule has 1 aromatic heterocycles. The second kappa shape index (κ2) is 7.98. The highest BCUT2D eigenvalue weighted by Crippen LogP contribution is 2.50. The Morgan fingerprint density at radius 3 is 2.50 bits per heavy atom. The van der Waals surface area contributed by atoms with E-state index in [1.165, 1.54) is 41.6 Å². The number of benzene rings is 2. The molecule has 2 N–H and O–H groups in total. The van der Waals surface area contributed by atoms with Crippen molar-refractivity contribution in [1.82, 2.24) is 9.47 Å². The lowest BCUT2D eigenvalue weighted by atomic mass is 9.80. The van der Waals surface area contributed by atoms with Crippen molar-refractivity contribution in [2.24, 2.45) is 0 Å². The van der Waals surface area contributed by atoms with Crippen LogP contribution in [0.2, 0.25) is 0 Å². The normalized spacial score (nSPS) is 24.9. The Morgan fingerprint density at radius 1 is 1.00 bits per heavy atom. The van der Waals surface area contributed by atoms with Crippen molar-refractivity contribution in [1.29, 1.82) is 0 Å². The number of aliphatic carboxylic acids is 1. The maximum atomic E-state index is 12.0. The van der Waals surface area contributed by atoms with E-state index in [1.807, 2.05) is 24.1 Å². The monoisotopic (exact) mass is 458 g/mol. The molecule has 3 atom stereocenters. The molecule has 2 aromatic carbocycles. The molecule has 1 saturated heterocycles. The first-order valence-electron chi connectivity index (χ1n) is 12.4.